The van der Waals surface area contributed by atoms with Crippen LogP contribution in [0.1, 0.15) is 29.8 Å². The normalized spacial score (nSPS) is 11.3. The number of carbonyl (C=O) groups excluding carboxylic acids is 1. The van der Waals surface area contributed by atoms with E-state index in [4.69, 9.17) is 0 Å². The quantitative estimate of drug-likeness (QED) is 0.844. The Morgan fingerprint density at radius 3 is 2.76 bits per heavy atom. The lowest BCUT2D eigenvalue weighted by Crippen LogP contribution is -2.38. The molecule has 2 N–H and O–H groups in total. The second-order valence-corrected chi connectivity index (χ2v) is 5.49. The molecule has 1 aromatic carbocycles. The lowest BCUT2D eigenvalue weighted by Gasteiger charge is -2.17. The van der Waals surface area contributed by atoms with Crippen LogP contribution >= 0.6 is 11.8 Å². The molecular formula is C13H19NO2S. The monoisotopic (exact) mass is 253 g/mol. The molecule has 0 aliphatic heterocycles. The molecule has 94 valence electrons. The van der Waals surface area contributed by atoms with E-state index < -0.39 is 5.60 Å². The van der Waals surface area contributed by atoms with Gasteiger partial charge >= 0.3 is 0 Å². The number of amides is 1. The van der Waals surface area contributed by atoms with Gasteiger partial charge in [0.2, 0.25) is 0 Å². The highest BCUT2D eigenvalue weighted by Gasteiger charge is 2.14. The average molecular weight is 253 g/mol. The van der Waals surface area contributed by atoms with E-state index in [0.717, 1.165) is 11.3 Å². The molecular weight excluding hydrogens is 234 g/mol. The highest BCUT2D eigenvalue weighted by molar-refractivity contribution is 7.97. The largest absolute Gasteiger partial charge is 0.389 e. The fourth-order valence-electron chi connectivity index (χ4n) is 1.37. The molecule has 17 heavy (non-hydrogen) atoms. The Morgan fingerprint density at radius 2 is 2.18 bits per heavy atom. The minimum absolute atomic E-state index is 0.143. The van der Waals surface area contributed by atoms with Gasteiger partial charge < -0.3 is 10.4 Å². The maximum absolute atomic E-state index is 11.8. The van der Waals surface area contributed by atoms with Gasteiger partial charge in [-0.15, -0.1) is 0 Å². The second-order valence-electron chi connectivity index (χ2n) is 4.63. The van der Waals surface area contributed by atoms with Crippen LogP contribution in [0.3, 0.4) is 0 Å². The Kier molecular flexibility index (Phi) is 5.02. The SMILES string of the molecule is CSCc1cccc(C(=O)NCC(C)(C)O)c1. The fourth-order valence-corrected chi connectivity index (χ4v) is 1.88. The molecule has 1 rings (SSSR count). The van der Waals surface area contributed by atoms with E-state index in [2.05, 4.69) is 5.32 Å². The molecule has 0 saturated carbocycles. The Labute approximate surface area is 107 Å². The summed E-state index contributed by atoms with van der Waals surface area (Å²) >= 11 is 1.72. The molecule has 0 spiro atoms. The summed E-state index contributed by atoms with van der Waals surface area (Å²) in [5.41, 5.74) is 0.890. The van der Waals surface area contributed by atoms with Gasteiger partial charge in [0.1, 0.15) is 0 Å². The van der Waals surface area contributed by atoms with Crippen molar-refractivity contribution < 1.29 is 9.90 Å². The first-order valence-corrected chi connectivity index (χ1v) is 6.90. The van der Waals surface area contributed by atoms with Crippen LogP contribution in [0.2, 0.25) is 0 Å². The Bertz CT molecular complexity index is 385. The zero-order chi connectivity index (χ0) is 12.9. The van der Waals surface area contributed by atoms with Crippen molar-refractivity contribution in [2.45, 2.75) is 25.2 Å². The first-order chi connectivity index (χ1) is 7.92. The van der Waals surface area contributed by atoms with Crippen LogP contribution in [0, 0.1) is 0 Å². The zero-order valence-corrected chi connectivity index (χ0v) is 11.3. The first-order valence-electron chi connectivity index (χ1n) is 5.51. The molecule has 0 unspecified atom stereocenters. The maximum Gasteiger partial charge on any atom is 0.251 e. The highest BCUT2D eigenvalue weighted by atomic mass is 32.2. The van der Waals surface area contributed by atoms with Gasteiger partial charge in [0, 0.05) is 17.9 Å². The molecule has 0 fully saturated rings. The fraction of sp³-hybridized carbons (Fsp3) is 0.462. The van der Waals surface area contributed by atoms with E-state index in [1.165, 1.54) is 0 Å². The molecule has 0 bridgehead atoms. The predicted molar refractivity (Wildman–Crippen MR) is 72.3 cm³/mol. The Morgan fingerprint density at radius 1 is 1.47 bits per heavy atom. The number of hydrogen-bond donors (Lipinski definition) is 2. The van der Waals surface area contributed by atoms with Crippen molar-refractivity contribution in [2.24, 2.45) is 0 Å². The van der Waals surface area contributed by atoms with Gasteiger partial charge in [-0.05, 0) is 37.8 Å². The van der Waals surface area contributed by atoms with Crippen molar-refractivity contribution in [1.29, 1.82) is 0 Å². The van der Waals surface area contributed by atoms with Crippen LogP contribution in [-0.4, -0.2) is 29.4 Å². The van der Waals surface area contributed by atoms with E-state index in [-0.39, 0.29) is 12.5 Å². The number of hydrogen-bond acceptors (Lipinski definition) is 3. The summed E-state index contributed by atoms with van der Waals surface area (Å²) in [5, 5.41) is 12.2. The summed E-state index contributed by atoms with van der Waals surface area (Å²) < 4.78 is 0. The topological polar surface area (TPSA) is 49.3 Å². The summed E-state index contributed by atoms with van der Waals surface area (Å²) in [6.07, 6.45) is 2.03. The highest BCUT2D eigenvalue weighted by Crippen LogP contribution is 2.11. The third-order valence-corrected chi connectivity index (χ3v) is 2.80. The molecule has 0 aliphatic carbocycles. The van der Waals surface area contributed by atoms with Crippen LogP contribution in [-0.2, 0) is 5.75 Å². The summed E-state index contributed by atoms with van der Waals surface area (Å²) in [7, 11) is 0. The van der Waals surface area contributed by atoms with Crippen molar-refractivity contribution in [2.75, 3.05) is 12.8 Å². The second kappa shape index (κ2) is 6.07. The lowest BCUT2D eigenvalue weighted by atomic mass is 10.1. The van der Waals surface area contributed by atoms with Crippen molar-refractivity contribution >= 4 is 17.7 Å². The molecule has 0 aromatic heterocycles. The third kappa shape index (κ3) is 5.24. The van der Waals surface area contributed by atoms with Gasteiger partial charge in [0.15, 0.2) is 0 Å². The van der Waals surface area contributed by atoms with Gasteiger partial charge in [-0.2, -0.15) is 11.8 Å². The minimum atomic E-state index is -0.882. The molecule has 4 heteroatoms. The zero-order valence-electron chi connectivity index (χ0n) is 10.5. The van der Waals surface area contributed by atoms with E-state index in [9.17, 15) is 9.90 Å². The standard InChI is InChI=1S/C13H19NO2S/c1-13(2,16)9-14-12(15)11-6-4-5-10(7-11)8-17-3/h4-7,16H,8-9H2,1-3H3,(H,14,15). The van der Waals surface area contributed by atoms with Gasteiger partial charge in [0.25, 0.3) is 5.91 Å². The minimum Gasteiger partial charge on any atom is -0.389 e. The Balaban J connectivity index is 2.65. The molecule has 0 aliphatic rings. The average Bonchev–Trinajstić information content (AvgIpc) is 2.26. The number of benzene rings is 1. The summed E-state index contributed by atoms with van der Waals surface area (Å²) in [6, 6.07) is 7.55. The van der Waals surface area contributed by atoms with E-state index in [1.807, 2.05) is 24.5 Å². The Hall–Kier alpha value is -1.00. The molecule has 1 amide bonds. The summed E-state index contributed by atoms with van der Waals surface area (Å²) in [6.45, 7) is 3.58. The first kappa shape index (κ1) is 14.1. The van der Waals surface area contributed by atoms with Gasteiger partial charge in [0.05, 0.1) is 5.60 Å². The van der Waals surface area contributed by atoms with E-state index >= 15 is 0 Å². The van der Waals surface area contributed by atoms with Gasteiger partial charge in [-0.1, -0.05) is 12.1 Å². The van der Waals surface area contributed by atoms with E-state index in [0.29, 0.717) is 5.56 Å². The molecule has 0 atom stereocenters. The predicted octanol–water partition coefficient (Wildman–Crippen LogP) is 2.05. The maximum atomic E-state index is 11.8. The van der Waals surface area contributed by atoms with Crippen LogP contribution in [0.4, 0.5) is 0 Å². The molecule has 0 heterocycles. The van der Waals surface area contributed by atoms with E-state index in [1.54, 1.807) is 31.7 Å². The summed E-state index contributed by atoms with van der Waals surface area (Å²) in [5.74, 6) is 0.752. The van der Waals surface area contributed by atoms with Crippen LogP contribution in [0.25, 0.3) is 0 Å². The van der Waals surface area contributed by atoms with Crippen molar-refractivity contribution in [3.05, 3.63) is 35.4 Å². The van der Waals surface area contributed by atoms with Gasteiger partial charge in [-0.3, -0.25) is 4.79 Å². The summed E-state index contributed by atoms with van der Waals surface area (Å²) in [4.78, 5) is 11.8. The third-order valence-electron chi connectivity index (χ3n) is 2.18. The molecule has 3 nitrogen and oxygen atoms in total. The number of rotatable bonds is 5. The van der Waals surface area contributed by atoms with Crippen molar-refractivity contribution in [3.8, 4) is 0 Å². The number of thioether (sulfide) groups is 1. The number of carbonyl (C=O) groups is 1. The molecule has 0 saturated heterocycles. The molecule has 1 aromatic rings. The number of nitrogens with one attached hydrogen (secondary N) is 1. The van der Waals surface area contributed by atoms with Crippen molar-refractivity contribution in [3.63, 3.8) is 0 Å². The van der Waals surface area contributed by atoms with Gasteiger partial charge in [-0.25, -0.2) is 0 Å². The van der Waals surface area contributed by atoms with Crippen LogP contribution < -0.4 is 5.32 Å². The van der Waals surface area contributed by atoms with Crippen LogP contribution in [0.15, 0.2) is 24.3 Å². The van der Waals surface area contributed by atoms with Crippen LogP contribution in [0.5, 0.6) is 0 Å². The van der Waals surface area contributed by atoms with Crippen molar-refractivity contribution in [1.82, 2.24) is 5.32 Å². The number of aliphatic hydroxyl groups is 1. The molecule has 0 radical (unpaired) electrons. The smallest absolute Gasteiger partial charge is 0.251 e. The lowest BCUT2D eigenvalue weighted by molar-refractivity contribution is 0.0694.